The Kier molecular flexibility index (Phi) is 5.97. The van der Waals surface area contributed by atoms with Gasteiger partial charge in [-0.1, -0.05) is 41.9 Å². The van der Waals surface area contributed by atoms with E-state index < -0.39 is 36.2 Å². The second kappa shape index (κ2) is 8.68. The van der Waals surface area contributed by atoms with Gasteiger partial charge in [0, 0.05) is 29.0 Å². The van der Waals surface area contributed by atoms with Crippen LogP contribution in [0.3, 0.4) is 0 Å². The van der Waals surface area contributed by atoms with E-state index in [1.807, 2.05) is 0 Å². The second-order valence-electron chi connectivity index (χ2n) is 7.60. The number of rotatable bonds is 5. The highest BCUT2D eigenvalue weighted by atomic mass is 35.5. The highest BCUT2D eigenvalue weighted by Crippen LogP contribution is 2.23. The van der Waals surface area contributed by atoms with E-state index in [9.17, 15) is 24.9 Å². The van der Waals surface area contributed by atoms with E-state index >= 15 is 0 Å². The van der Waals surface area contributed by atoms with Gasteiger partial charge in [-0.2, -0.15) is 0 Å². The van der Waals surface area contributed by atoms with Crippen LogP contribution in [0, 0.1) is 0 Å². The van der Waals surface area contributed by atoms with Gasteiger partial charge in [0.2, 0.25) is 0 Å². The molecule has 1 unspecified atom stereocenters. The molecule has 0 spiro atoms. The molecule has 0 saturated carbocycles. The Bertz CT molecular complexity index is 1090. The molecule has 3 aromatic rings. The molecule has 8 nitrogen and oxygen atoms in total. The Morgan fingerprint density at radius 3 is 2.42 bits per heavy atom. The summed E-state index contributed by atoms with van der Waals surface area (Å²) in [5.41, 5.74) is 1.52. The fourth-order valence-electron chi connectivity index (χ4n) is 3.73. The lowest BCUT2D eigenvalue weighted by molar-refractivity contribution is -0.141. The van der Waals surface area contributed by atoms with E-state index in [0.29, 0.717) is 10.6 Å². The molecular formula is C22H22ClN3O5. The van der Waals surface area contributed by atoms with Gasteiger partial charge in [-0.3, -0.25) is 9.59 Å². The largest absolute Gasteiger partial charge is 0.388 e. The summed E-state index contributed by atoms with van der Waals surface area (Å²) in [5, 5.41) is 34.3. The maximum atomic E-state index is 12.9. The average Bonchev–Trinajstić information content (AvgIpc) is 3.34. The van der Waals surface area contributed by atoms with Crippen LogP contribution in [0.5, 0.6) is 0 Å². The van der Waals surface area contributed by atoms with Gasteiger partial charge in [-0.05, 0) is 29.8 Å². The molecule has 0 bridgehead atoms. The minimum Gasteiger partial charge on any atom is -0.388 e. The molecule has 5 N–H and O–H groups in total. The van der Waals surface area contributed by atoms with Crippen molar-refractivity contribution in [3.63, 3.8) is 0 Å². The van der Waals surface area contributed by atoms with E-state index in [-0.39, 0.29) is 18.8 Å². The average molecular weight is 444 g/mol. The molecule has 2 amide bonds. The van der Waals surface area contributed by atoms with E-state index in [1.54, 1.807) is 54.6 Å². The van der Waals surface area contributed by atoms with Crippen molar-refractivity contribution < 1.29 is 24.9 Å². The van der Waals surface area contributed by atoms with Crippen molar-refractivity contribution in [2.24, 2.45) is 0 Å². The van der Waals surface area contributed by atoms with E-state index in [0.717, 1.165) is 10.9 Å². The summed E-state index contributed by atoms with van der Waals surface area (Å²) in [5.74, 6) is -1.19. The number of aromatic amines is 1. The lowest BCUT2D eigenvalue weighted by atomic mass is 10.00. The minimum absolute atomic E-state index is 0.0880. The summed E-state index contributed by atoms with van der Waals surface area (Å²) in [7, 11) is 0. The first-order valence-corrected chi connectivity index (χ1v) is 10.2. The van der Waals surface area contributed by atoms with Gasteiger partial charge in [-0.15, -0.1) is 0 Å². The number of H-pyrrole nitrogens is 1. The van der Waals surface area contributed by atoms with Gasteiger partial charge in [0.25, 0.3) is 11.8 Å². The van der Waals surface area contributed by atoms with Crippen molar-refractivity contribution in [2.75, 3.05) is 13.1 Å². The van der Waals surface area contributed by atoms with Crippen molar-refractivity contribution in [1.29, 1.82) is 0 Å². The summed E-state index contributed by atoms with van der Waals surface area (Å²) >= 11 is 6.01. The first-order valence-electron chi connectivity index (χ1n) is 9.80. The van der Waals surface area contributed by atoms with Crippen LogP contribution >= 0.6 is 11.6 Å². The zero-order valence-electron chi connectivity index (χ0n) is 16.4. The Labute approximate surface area is 183 Å². The molecule has 1 aliphatic rings. The fourth-order valence-corrected chi connectivity index (χ4v) is 3.91. The number of nitrogens with one attached hydrogen (secondary N) is 2. The highest BCUT2D eigenvalue weighted by Gasteiger charge is 2.38. The highest BCUT2D eigenvalue weighted by molar-refractivity contribution is 6.31. The minimum atomic E-state index is -1.61. The van der Waals surface area contributed by atoms with Crippen molar-refractivity contribution >= 4 is 34.3 Å². The van der Waals surface area contributed by atoms with Crippen molar-refractivity contribution in [2.45, 2.75) is 24.4 Å². The maximum absolute atomic E-state index is 12.9. The molecule has 1 saturated heterocycles. The molecule has 1 aromatic heterocycles. The smallest absolute Gasteiger partial charge is 0.268 e. The molecular weight excluding hydrogens is 422 g/mol. The standard InChI is InChI=1S/C22H22ClN3O5/c23-14-6-7-15-13(8-14)9-16(24-15)21(30)25-19(12-4-2-1-3-5-12)20(29)22(31)26-10-17(27)18(28)11-26/h1-9,17-20,24,27-29H,10-11H2,(H,25,30)/t17-,18+,19?,20-/m1/s1. The zero-order chi connectivity index (χ0) is 22.1. The first-order chi connectivity index (χ1) is 14.8. The summed E-state index contributed by atoms with van der Waals surface area (Å²) in [6.45, 7) is -0.176. The number of benzene rings is 2. The lowest BCUT2D eigenvalue weighted by Crippen LogP contribution is -2.46. The van der Waals surface area contributed by atoms with Crippen molar-refractivity contribution in [3.8, 4) is 0 Å². The van der Waals surface area contributed by atoms with Gasteiger partial charge >= 0.3 is 0 Å². The Balaban J connectivity index is 1.59. The Morgan fingerprint density at radius 1 is 1.06 bits per heavy atom. The van der Waals surface area contributed by atoms with E-state index in [4.69, 9.17) is 11.6 Å². The summed E-state index contributed by atoms with van der Waals surface area (Å²) in [4.78, 5) is 30.0. The summed E-state index contributed by atoms with van der Waals surface area (Å²) < 4.78 is 0. The number of hydrogen-bond donors (Lipinski definition) is 5. The Hall–Kier alpha value is -2.91. The number of aromatic nitrogens is 1. The number of β-amino-alcohol motifs (C(OH)–C–C–N with tert-alkyl or cyclic N) is 2. The van der Waals surface area contributed by atoms with Crippen LogP contribution in [-0.4, -0.2) is 68.4 Å². The summed E-state index contributed by atoms with van der Waals surface area (Å²) in [6, 6.07) is 14.4. The van der Waals surface area contributed by atoms with Gasteiger partial charge in [-0.25, -0.2) is 0 Å². The number of carbonyl (C=O) groups is 2. The molecule has 4 atom stereocenters. The van der Waals surface area contributed by atoms with Crippen LogP contribution in [0.25, 0.3) is 10.9 Å². The van der Waals surface area contributed by atoms with Gasteiger partial charge in [0.15, 0.2) is 6.10 Å². The van der Waals surface area contributed by atoms with Crippen molar-refractivity contribution in [3.05, 3.63) is 70.9 Å². The summed E-state index contributed by atoms with van der Waals surface area (Å²) in [6.07, 6.45) is -3.75. The number of hydrogen-bond acceptors (Lipinski definition) is 5. The predicted molar refractivity (Wildman–Crippen MR) is 115 cm³/mol. The predicted octanol–water partition coefficient (Wildman–Crippen LogP) is 1.22. The molecule has 0 aliphatic carbocycles. The van der Waals surface area contributed by atoms with Crippen LogP contribution in [-0.2, 0) is 4.79 Å². The lowest BCUT2D eigenvalue weighted by Gasteiger charge is -2.27. The van der Waals surface area contributed by atoms with Crippen LogP contribution in [0.4, 0.5) is 0 Å². The van der Waals surface area contributed by atoms with Crippen LogP contribution in [0.1, 0.15) is 22.1 Å². The van der Waals surface area contributed by atoms with E-state index in [2.05, 4.69) is 10.3 Å². The number of carbonyl (C=O) groups excluding carboxylic acids is 2. The zero-order valence-corrected chi connectivity index (χ0v) is 17.2. The third-order valence-corrected chi connectivity index (χ3v) is 5.65. The molecule has 2 heterocycles. The number of fused-ring (bicyclic) bond motifs is 1. The molecule has 0 radical (unpaired) electrons. The van der Waals surface area contributed by atoms with E-state index in [1.165, 1.54) is 4.90 Å². The topological polar surface area (TPSA) is 126 Å². The van der Waals surface area contributed by atoms with Crippen LogP contribution in [0.15, 0.2) is 54.6 Å². The molecule has 31 heavy (non-hydrogen) atoms. The molecule has 162 valence electrons. The third-order valence-electron chi connectivity index (χ3n) is 5.41. The molecule has 9 heteroatoms. The number of aliphatic hydroxyl groups is 3. The number of nitrogens with zero attached hydrogens (tertiary/aromatic N) is 1. The Morgan fingerprint density at radius 2 is 1.74 bits per heavy atom. The fraction of sp³-hybridized carbons (Fsp3) is 0.273. The van der Waals surface area contributed by atoms with Gasteiger partial charge in [0.05, 0.1) is 18.2 Å². The SMILES string of the molecule is O=C(NC(c1ccccc1)[C@@H](O)C(=O)N1C[C@@H](O)[C@@H](O)C1)c1cc2cc(Cl)ccc2[nH]1. The van der Waals surface area contributed by atoms with Crippen LogP contribution < -0.4 is 5.32 Å². The maximum Gasteiger partial charge on any atom is 0.268 e. The molecule has 1 fully saturated rings. The molecule has 4 rings (SSSR count). The van der Waals surface area contributed by atoms with Gasteiger partial charge < -0.3 is 30.5 Å². The van der Waals surface area contributed by atoms with Crippen LogP contribution in [0.2, 0.25) is 5.02 Å². The quantitative estimate of drug-likeness (QED) is 0.405. The van der Waals surface area contributed by atoms with Gasteiger partial charge in [0.1, 0.15) is 5.69 Å². The number of amides is 2. The number of likely N-dealkylation sites (tertiary alicyclic amines) is 1. The second-order valence-corrected chi connectivity index (χ2v) is 8.04. The third kappa shape index (κ3) is 4.42. The normalized spacial score (nSPS) is 20.6. The van der Waals surface area contributed by atoms with Crippen molar-refractivity contribution in [1.82, 2.24) is 15.2 Å². The molecule has 2 aromatic carbocycles. The monoisotopic (exact) mass is 443 g/mol. The molecule has 1 aliphatic heterocycles. The number of halogens is 1. The number of aliphatic hydroxyl groups excluding tert-OH is 3. The first kappa shape index (κ1) is 21.3.